The molecule has 1 saturated carbocycles. The molecule has 1 aliphatic heterocycles. The van der Waals surface area contributed by atoms with Crippen LogP contribution in [0.1, 0.15) is 81.3 Å². The van der Waals surface area contributed by atoms with Gasteiger partial charge < -0.3 is 34.2 Å². The molecule has 0 radical (unpaired) electrons. The molecule has 50 heavy (non-hydrogen) atoms. The van der Waals surface area contributed by atoms with Crippen molar-refractivity contribution in [1.82, 2.24) is 10.2 Å². The predicted octanol–water partition coefficient (Wildman–Crippen LogP) is 6.62. The number of halogens is 1. The first-order valence-corrected chi connectivity index (χ1v) is 17.4. The van der Waals surface area contributed by atoms with Gasteiger partial charge in [-0.3, -0.25) is 9.59 Å². The van der Waals surface area contributed by atoms with Gasteiger partial charge in [0.1, 0.15) is 23.9 Å². The van der Waals surface area contributed by atoms with E-state index in [0.29, 0.717) is 68.3 Å². The van der Waals surface area contributed by atoms with Crippen LogP contribution in [0.5, 0.6) is 0 Å². The topological polar surface area (TPSA) is 136 Å². The number of esters is 1. The lowest BCUT2D eigenvalue weighted by Gasteiger charge is -2.36. The first-order valence-electron chi connectivity index (χ1n) is 17.4. The van der Waals surface area contributed by atoms with Gasteiger partial charge in [-0.05, 0) is 88.6 Å². The Hall–Kier alpha value is -4.45. The number of rotatable bonds is 12. The zero-order valence-corrected chi connectivity index (χ0v) is 29.2. The number of carbonyl (C=O) groups excluding carboxylic acids is 4. The molecule has 2 heterocycles. The number of benzene rings is 2. The van der Waals surface area contributed by atoms with E-state index in [1.807, 2.05) is 30.3 Å². The Morgan fingerprint density at radius 3 is 2.40 bits per heavy atom. The molecule has 2 aliphatic rings. The van der Waals surface area contributed by atoms with Crippen LogP contribution in [0, 0.1) is 11.8 Å². The number of fused-ring (bicyclic) bond motifs is 1. The van der Waals surface area contributed by atoms with Crippen LogP contribution >= 0.6 is 0 Å². The number of anilines is 1. The first kappa shape index (κ1) is 36.8. The minimum absolute atomic E-state index is 0.0609. The molecule has 2 fully saturated rings. The van der Waals surface area contributed by atoms with Crippen molar-refractivity contribution in [3.8, 4) is 0 Å². The minimum atomic E-state index is -0.743. The molecule has 3 aromatic rings. The maximum atomic E-state index is 14.1. The van der Waals surface area contributed by atoms with E-state index >= 15 is 0 Å². The van der Waals surface area contributed by atoms with Crippen LogP contribution in [-0.4, -0.2) is 80.0 Å². The van der Waals surface area contributed by atoms with E-state index < -0.39 is 36.4 Å². The van der Waals surface area contributed by atoms with Crippen molar-refractivity contribution in [3.05, 3.63) is 65.9 Å². The molecule has 1 aromatic heterocycles. The van der Waals surface area contributed by atoms with E-state index in [4.69, 9.17) is 18.6 Å². The van der Waals surface area contributed by atoms with E-state index in [0.717, 1.165) is 5.56 Å². The van der Waals surface area contributed by atoms with Gasteiger partial charge in [-0.25, -0.2) is 14.0 Å². The molecule has 270 valence electrons. The maximum absolute atomic E-state index is 14.1. The zero-order valence-electron chi connectivity index (χ0n) is 29.2. The second-order valence-electron chi connectivity index (χ2n) is 14.1. The summed E-state index contributed by atoms with van der Waals surface area (Å²) in [6.45, 7) is 5.65. The van der Waals surface area contributed by atoms with Crippen LogP contribution in [0.4, 0.5) is 14.9 Å². The summed E-state index contributed by atoms with van der Waals surface area (Å²) in [5.41, 5.74) is 1.26. The fraction of sp³-hybridized carbons (Fsp3) is 0.526. The quantitative estimate of drug-likeness (QED) is 0.160. The number of nitrogens with zero attached hydrogens (tertiary/aromatic N) is 1. The summed E-state index contributed by atoms with van der Waals surface area (Å²) in [4.78, 5) is 54.7. The van der Waals surface area contributed by atoms with Gasteiger partial charge in [0, 0.05) is 49.6 Å². The summed E-state index contributed by atoms with van der Waals surface area (Å²) < 4.78 is 35.3. The van der Waals surface area contributed by atoms with E-state index in [9.17, 15) is 23.6 Å². The third-order valence-corrected chi connectivity index (χ3v) is 9.45. The molecule has 0 unspecified atom stereocenters. The highest BCUT2D eigenvalue weighted by atomic mass is 19.1. The second kappa shape index (κ2) is 16.5. The molecule has 3 amide bonds. The number of hydrogen-bond donors (Lipinski definition) is 2. The smallest absolute Gasteiger partial charge is 0.407 e. The lowest BCUT2D eigenvalue weighted by Crippen LogP contribution is -2.49. The standard InChI is InChI=1S/C38H48FN3O8/c1-38(2,3)50-37(46)41-30(23-39)25-11-13-26(14-12-25)35(44)42-18-17-29(24-9-6-5-7-10-24)33(42)34(43)40-28-15-16-31-27(21-28)22-32(49-31)36(45)48-20-8-19-47-4/h5-7,9-10,15-16,21-22,25-26,29-30,33H,8,11-14,17-20,23H2,1-4H3,(H,40,43)(H,41,46)/t25-,26-,29-,30+,33-/m0/s1. The van der Waals surface area contributed by atoms with E-state index in [-0.39, 0.29) is 41.9 Å². The SMILES string of the molecule is COCCCOC(=O)c1cc2cc(NC(=O)[C@@H]3[C@H](c4ccccc4)CCN3C(=O)[C@H]3CC[C@H]([C@@H](CF)NC(=O)OC(C)(C)C)CC3)ccc2o1. The zero-order chi connectivity index (χ0) is 35.8. The van der Waals surface area contributed by atoms with Gasteiger partial charge in [-0.2, -0.15) is 0 Å². The number of hydrogen-bond acceptors (Lipinski definition) is 8. The summed E-state index contributed by atoms with van der Waals surface area (Å²) >= 11 is 0. The van der Waals surface area contributed by atoms with Crippen LogP contribution in [0.3, 0.4) is 0 Å². The normalized spacial score (nSPS) is 21.4. The highest BCUT2D eigenvalue weighted by Gasteiger charge is 2.45. The van der Waals surface area contributed by atoms with Gasteiger partial charge >= 0.3 is 12.1 Å². The first-order chi connectivity index (χ1) is 24.0. The number of carbonyl (C=O) groups is 4. The molecule has 1 aliphatic carbocycles. The van der Waals surface area contributed by atoms with Crippen molar-refractivity contribution >= 4 is 40.5 Å². The van der Waals surface area contributed by atoms with Crippen molar-refractivity contribution < 1.29 is 42.2 Å². The van der Waals surface area contributed by atoms with Crippen molar-refractivity contribution in [2.75, 3.05) is 38.9 Å². The van der Waals surface area contributed by atoms with Crippen LogP contribution < -0.4 is 10.6 Å². The van der Waals surface area contributed by atoms with Crippen molar-refractivity contribution in [3.63, 3.8) is 0 Å². The van der Waals surface area contributed by atoms with E-state index in [1.165, 1.54) is 0 Å². The number of ether oxygens (including phenoxy) is 3. The number of amides is 3. The average Bonchev–Trinajstić information content (AvgIpc) is 3.73. The van der Waals surface area contributed by atoms with Gasteiger partial charge in [0.25, 0.3) is 0 Å². The summed E-state index contributed by atoms with van der Waals surface area (Å²) in [6, 6.07) is 15.0. The van der Waals surface area contributed by atoms with E-state index in [2.05, 4.69) is 10.6 Å². The Bertz CT molecular complexity index is 1630. The maximum Gasteiger partial charge on any atom is 0.407 e. The minimum Gasteiger partial charge on any atom is -0.460 e. The molecule has 0 spiro atoms. The summed E-state index contributed by atoms with van der Waals surface area (Å²) in [5.74, 6) is -1.55. The number of furan rings is 1. The third kappa shape index (κ3) is 9.21. The molecule has 2 aromatic carbocycles. The van der Waals surface area contributed by atoms with Crippen LogP contribution in [0.25, 0.3) is 11.0 Å². The third-order valence-electron chi connectivity index (χ3n) is 9.45. The number of alkyl halides is 1. The second-order valence-corrected chi connectivity index (χ2v) is 14.1. The molecule has 11 nitrogen and oxygen atoms in total. The van der Waals surface area contributed by atoms with Crippen molar-refractivity contribution in [2.45, 2.75) is 82.9 Å². The molecule has 5 rings (SSSR count). The lowest BCUT2D eigenvalue weighted by molar-refractivity contribution is -0.141. The summed E-state index contributed by atoms with van der Waals surface area (Å²) in [7, 11) is 1.58. The highest BCUT2D eigenvalue weighted by molar-refractivity contribution is 6.00. The Labute approximate surface area is 292 Å². The number of likely N-dealkylation sites (tertiary alicyclic amines) is 1. The number of alkyl carbamates (subject to hydrolysis) is 1. The summed E-state index contributed by atoms with van der Waals surface area (Å²) in [5, 5.41) is 6.31. The summed E-state index contributed by atoms with van der Waals surface area (Å²) in [6.07, 6.45) is 2.75. The predicted molar refractivity (Wildman–Crippen MR) is 186 cm³/mol. The Balaban J connectivity index is 1.27. The molecule has 12 heteroatoms. The molecule has 3 atom stereocenters. The lowest BCUT2D eigenvalue weighted by atomic mass is 9.78. The van der Waals surface area contributed by atoms with E-state index in [1.54, 1.807) is 57.0 Å². The van der Waals surface area contributed by atoms with Gasteiger partial charge in [0.2, 0.25) is 17.6 Å². The fourth-order valence-corrected chi connectivity index (χ4v) is 7.03. The van der Waals surface area contributed by atoms with Crippen LogP contribution in [-0.2, 0) is 23.8 Å². The Kier molecular flexibility index (Phi) is 12.2. The van der Waals surface area contributed by atoms with Crippen LogP contribution in [0.2, 0.25) is 0 Å². The molecule has 2 N–H and O–H groups in total. The van der Waals surface area contributed by atoms with Gasteiger partial charge in [0.05, 0.1) is 12.6 Å². The monoisotopic (exact) mass is 693 g/mol. The Morgan fingerprint density at radius 1 is 0.980 bits per heavy atom. The van der Waals surface area contributed by atoms with Gasteiger partial charge in [0.15, 0.2) is 0 Å². The van der Waals surface area contributed by atoms with Gasteiger partial charge in [-0.1, -0.05) is 30.3 Å². The van der Waals surface area contributed by atoms with Crippen molar-refractivity contribution in [2.24, 2.45) is 11.8 Å². The highest BCUT2D eigenvalue weighted by Crippen LogP contribution is 2.39. The molecular weight excluding hydrogens is 645 g/mol. The largest absolute Gasteiger partial charge is 0.460 e. The average molecular weight is 694 g/mol. The van der Waals surface area contributed by atoms with Crippen LogP contribution in [0.15, 0.2) is 59.0 Å². The molecular formula is C38H48FN3O8. The molecule has 1 saturated heterocycles. The fourth-order valence-electron chi connectivity index (χ4n) is 7.03. The number of nitrogens with one attached hydrogen (secondary N) is 2. The van der Waals surface area contributed by atoms with Crippen molar-refractivity contribution in [1.29, 1.82) is 0 Å². The van der Waals surface area contributed by atoms with Gasteiger partial charge in [-0.15, -0.1) is 0 Å². The Morgan fingerprint density at radius 2 is 1.72 bits per heavy atom. The molecule has 0 bridgehead atoms. The number of methoxy groups -OCH3 is 1.